The highest BCUT2D eigenvalue weighted by Crippen LogP contribution is 2.09. The van der Waals surface area contributed by atoms with Gasteiger partial charge >= 0.3 is 0 Å². The second-order valence-electron chi connectivity index (χ2n) is 2.72. The summed E-state index contributed by atoms with van der Waals surface area (Å²) in [5.74, 6) is 0.817. The summed E-state index contributed by atoms with van der Waals surface area (Å²) in [5.41, 5.74) is 0. The smallest absolute Gasteiger partial charge is 0.180 e. The van der Waals surface area contributed by atoms with Crippen molar-refractivity contribution in [2.24, 2.45) is 4.99 Å². The first-order valence-corrected chi connectivity index (χ1v) is 3.99. The van der Waals surface area contributed by atoms with E-state index in [4.69, 9.17) is 9.47 Å². The SMILES string of the molecule is COCCC1CCOC(C)=N1. The standard InChI is InChI=1S/C8H15NO2/c1-7-9-8(3-5-10-2)4-6-11-7/h8H,3-6H2,1-2H3. The van der Waals surface area contributed by atoms with E-state index in [-0.39, 0.29) is 0 Å². The predicted octanol–water partition coefficient (Wildman–Crippen LogP) is 1.23. The third-order valence-corrected chi connectivity index (χ3v) is 1.78. The van der Waals surface area contributed by atoms with Gasteiger partial charge in [-0.25, -0.2) is 0 Å². The lowest BCUT2D eigenvalue weighted by Crippen LogP contribution is -2.20. The van der Waals surface area contributed by atoms with E-state index < -0.39 is 0 Å². The van der Waals surface area contributed by atoms with Crippen molar-refractivity contribution in [1.82, 2.24) is 0 Å². The molecule has 3 nitrogen and oxygen atoms in total. The normalized spacial score (nSPS) is 24.2. The Balaban J connectivity index is 2.28. The fraction of sp³-hybridized carbons (Fsp3) is 0.875. The number of hydrogen-bond donors (Lipinski definition) is 0. The lowest BCUT2D eigenvalue weighted by atomic mass is 10.1. The van der Waals surface area contributed by atoms with Gasteiger partial charge in [0.05, 0.1) is 12.6 Å². The molecule has 1 aliphatic rings. The fourth-order valence-corrected chi connectivity index (χ4v) is 1.16. The van der Waals surface area contributed by atoms with E-state index in [1.165, 1.54) is 0 Å². The zero-order valence-electron chi connectivity index (χ0n) is 7.17. The Labute approximate surface area is 67.4 Å². The van der Waals surface area contributed by atoms with E-state index in [9.17, 15) is 0 Å². The summed E-state index contributed by atoms with van der Waals surface area (Å²) in [5, 5.41) is 0. The van der Waals surface area contributed by atoms with Gasteiger partial charge in [-0.1, -0.05) is 0 Å². The van der Waals surface area contributed by atoms with Gasteiger partial charge in [-0.05, 0) is 6.42 Å². The molecule has 0 aromatic rings. The number of hydrogen-bond acceptors (Lipinski definition) is 3. The molecule has 0 fully saturated rings. The molecule has 0 saturated carbocycles. The lowest BCUT2D eigenvalue weighted by Gasteiger charge is -2.18. The summed E-state index contributed by atoms with van der Waals surface area (Å²) in [6, 6.07) is 0.420. The van der Waals surface area contributed by atoms with Crippen LogP contribution < -0.4 is 0 Å². The molecule has 0 amide bonds. The fourth-order valence-electron chi connectivity index (χ4n) is 1.16. The predicted molar refractivity (Wildman–Crippen MR) is 44.0 cm³/mol. The van der Waals surface area contributed by atoms with Gasteiger partial charge in [0.25, 0.3) is 0 Å². The quantitative estimate of drug-likeness (QED) is 0.617. The first-order valence-electron chi connectivity index (χ1n) is 3.99. The molecule has 64 valence electrons. The Morgan fingerprint density at radius 3 is 3.18 bits per heavy atom. The van der Waals surface area contributed by atoms with Gasteiger partial charge < -0.3 is 9.47 Å². The van der Waals surface area contributed by atoms with Crippen LogP contribution in [0.1, 0.15) is 19.8 Å². The molecule has 0 aromatic carbocycles. The first kappa shape index (κ1) is 8.53. The van der Waals surface area contributed by atoms with Crippen molar-refractivity contribution in [2.45, 2.75) is 25.8 Å². The van der Waals surface area contributed by atoms with Gasteiger partial charge in [0.2, 0.25) is 0 Å². The second-order valence-corrected chi connectivity index (χ2v) is 2.72. The van der Waals surface area contributed by atoms with Gasteiger partial charge in [-0.3, -0.25) is 4.99 Å². The minimum atomic E-state index is 0.420. The molecule has 0 spiro atoms. The van der Waals surface area contributed by atoms with Crippen molar-refractivity contribution in [3.63, 3.8) is 0 Å². The number of ether oxygens (including phenoxy) is 2. The number of nitrogens with zero attached hydrogens (tertiary/aromatic N) is 1. The zero-order valence-corrected chi connectivity index (χ0v) is 7.17. The highest BCUT2D eigenvalue weighted by Gasteiger charge is 2.12. The molecule has 0 aromatic heterocycles. The monoisotopic (exact) mass is 157 g/mol. The van der Waals surface area contributed by atoms with Gasteiger partial charge in [0, 0.05) is 27.1 Å². The molecule has 11 heavy (non-hydrogen) atoms. The summed E-state index contributed by atoms with van der Waals surface area (Å²) in [6.07, 6.45) is 2.04. The van der Waals surface area contributed by atoms with Crippen molar-refractivity contribution < 1.29 is 9.47 Å². The Morgan fingerprint density at radius 1 is 1.73 bits per heavy atom. The molecule has 1 rings (SSSR count). The van der Waals surface area contributed by atoms with Crippen molar-refractivity contribution in [2.75, 3.05) is 20.3 Å². The number of aliphatic imine (C=N–C) groups is 1. The minimum Gasteiger partial charge on any atom is -0.481 e. The van der Waals surface area contributed by atoms with Crippen LogP contribution in [0.15, 0.2) is 4.99 Å². The van der Waals surface area contributed by atoms with E-state index in [0.717, 1.165) is 32.0 Å². The van der Waals surface area contributed by atoms with E-state index >= 15 is 0 Å². The Bertz CT molecular complexity index is 145. The minimum absolute atomic E-state index is 0.420. The maximum Gasteiger partial charge on any atom is 0.180 e. The summed E-state index contributed by atoms with van der Waals surface area (Å²) >= 11 is 0. The average molecular weight is 157 g/mol. The van der Waals surface area contributed by atoms with Crippen LogP contribution in [0.25, 0.3) is 0 Å². The summed E-state index contributed by atoms with van der Waals surface area (Å²) in [4.78, 5) is 4.33. The Kier molecular flexibility index (Phi) is 3.36. The number of methoxy groups -OCH3 is 1. The van der Waals surface area contributed by atoms with Crippen LogP contribution in [0.2, 0.25) is 0 Å². The van der Waals surface area contributed by atoms with E-state index in [1.54, 1.807) is 7.11 Å². The highest BCUT2D eigenvalue weighted by molar-refractivity contribution is 5.73. The maximum atomic E-state index is 5.20. The van der Waals surface area contributed by atoms with Crippen LogP contribution in [-0.4, -0.2) is 32.3 Å². The lowest BCUT2D eigenvalue weighted by molar-refractivity contribution is 0.175. The summed E-state index contributed by atoms with van der Waals surface area (Å²) in [6.45, 7) is 3.50. The summed E-state index contributed by atoms with van der Waals surface area (Å²) in [7, 11) is 1.72. The molecule has 0 aliphatic carbocycles. The molecule has 1 atom stereocenters. The van der Waals surface area contributed by atoms with Crippen LogP contribution in [0.5, 0.6) is 0 Å². The van der Waals surface area contributed by atoms with Crippen LogP contribution in [0, 0.1) is 0 Å². The Hall–Kier alpha value is -0.570. The molecule has 1 heterocycles. The molecule has 0 saturated heterocycles. The Morgan fingerprint density at radius 2 is 2.55 bits per heavy atom. The zero-order chi connectivity index (χ0) is 8.10. The van der Waals surface area contributed by atoms with Crippen molar-refractivity contribution in [3.05, 3.63) is 0 Å². The van der Waals surface area contributed by atoms with Crippen LogP contribution in [0.3, 0.4) is 0 Å². The highest BCUT2D eigenvalue weighted by atomic mass is 16.5. The summed E-state index contributed by atoms with van der Waals surface area (Å²) < 4.78 is 10.2. The van der Waals surface area contributed by atoms with E-state index in [0.29, 0.717) is 6.04 Å². The van der Waals surface area contributed by atoms with Crippen molar-refractivity contribution in [3.8, 4) is 0 Å². The van der Waals surface area contributed by atoms with E-state index in [1.807, 2.05) is 6.92 Å². The van der Waals surface area contributed by atoms with Gasteiger partial charge in [-0.2, -0.15) is 0 Å². The van der Waals surface area contributed by atoms with Crippen LogP contribution in [-0.2, 0) is 9.47 Å². The van der Waals surface area contributed by atoms with Crippen LogP contribution >= 0.6 is 0 Å². The maximum absolute atomic E-state index is 5.20. The van der Waals surface area contributed by atoms with E-state index in [2.05, 4.69) is 4.99 Å². The molecule has 0 N–H and O–H groups in total. The first-order chi connectivity index (χ1) is 5.33. The number of rotatable bonds is 3. The van der Waals surface area contributed by atoms with Crippen LogP contribution in [0.4, 0.5) is 0 Å². The molecule has 0 radical (unpaired) electrons. The second kappa shape index (κ2) is 4.34. The molecular formula is C8H15NO2. The van der Waals surface area contributed by atoms with Gasteiger partial charge in [0.15, 0.2) is 5.90 Å². The molecule has 1 aliphatic heterocycles. The molecule has 0 bridgehead atoms. The molecule has 3 heteroatoms. The molecule has 1 unspecified atom stereocenters. The molecular weight excluding hydrogens is 142 g/mol. The van der Waals surface area contributed by atoms with Crippen molar-refractivity contribution in [1.29, 1.82) is 0 Å². The van der Waals surface area contributed by atoms with Crippen molar-refractivity contribution >= 4 is 5.90 Å². The van der Waals surface area contributed by atoms with Gasteiger partial charge in [-0.15, -0.1) is 0 Å². The van der Waals surface area contributed by atoms with Gasteiger partial charge in [0.1, 0.15) is 0 Å². The third-order valence-electron chi connectivity index (χ3n) is 1.78. The largest absolute Gasteiger partial charge is 0.481 e. The average Bonchev–Trinajstić information content (AvgIpc) is 2.01. The topological polar surface area (TPSA) is 30.8 Å². The third kappa shape index (κ3) is 2.89.